The molecule has 2 rings (SSSR count). The van der Waals surface area contributed by atoms with Crippen LogP contribution in [0.15, 0.2) is 45.3 Å². The molecule has 0 saturated carbocycles. The number of benzene rings is 2. The molecule has 0 unspecified atom stereocenters. The van der Waals surface area contributed by atoms with E-state index in [9.17, 15) is 0 Å². The Morgan fingerprint density at radius 2 is 1.00 bits per heavy atom. The van der Waals surface area contributed by atoms with E-state index < -0.39 is 0 Å². The molecule has 0 aliphatic rings. The molecule has 2 aromatic carbocycles. The van der Waals surface area contributed by atoms with Gasteiger partial charge in [0.15, 0.2) is 13.6 Å². The maximum absolute atomic E-state index is 6.72. The van der Waals surface area contributed by atoms with Gasteiger partial charge in [-0.1, -0.05) is 65.8 Å². The van der Waals surface area contributed by atoms with E-state index in [1.54, 1.807) is 0 Å². The molecule has 0 bridgehead atoms. The summed E-state index contributed by atoms with van der Waals surface area (Å²) < 4.78 is 38.4. The lowest BCUT2D eigenvalue weighted by Crippen LogP contribution is -2.37. The van der Waals surface area contributed by atoms with Crippen molar-refractivity contribution in [1.82, 2.24) is 0 Å². The molecule has 0 radical (unpaired) electrons. The molecule has 8 heteroatoms. The second-order valence-electron chi connectivity index (χ2n) is 12.8. The highest BCUT2D eigenvalue weighted by molar-refractivity contribution is 9.10. The molecule has 238 valence electrons. The molecule has 0 fully saturated rings. The van der Waals surface area contributed by atoms with Crippen LogP contribution in [0.4, 0.5) is 0 Å². The first-order valence-electron chi connectivity index (χ1n) is 15.0. The number of ether oxygens (including phenoxy) is 6. The smallest absolute Gasteiger partial charge is 0.189 e. The van der Waals surface area contributed by atoms with Gasteiger partial charge in [-0.3, -0.25) is 0 Å². The van der Waals surface area contributed by atoms with Crippen LogP contribution in [-0.4, -0.2) is 52.2 Å². The Balaban J connectivity index is 2.46. The summed E-state index contributed by atoms with van der Waals surface area (Å²) in [6, 6.07) is 12.2. The fourth-order valence-electron chi connectivity index (χ4n) is 4.18. The molecule has 2 atom stereocenters. The maximum atomic E-state index is 6.72. The number of hydrogen-bond donors (Lipinski definition) is 0. The van der Waals surface area contributed by atoms with Crippen LogP contribution in [0.1, 0.15) is 79.4 Å². The SMILES string of the molecule is CCOCOc1c(Br)cccc1C[C@@H](OCCC(C)(C)C)[C@@H](Cc1cccc(Br)c1OCOCC)OCCC(C)(C)C. The molecular formula is C34H52Br2O6. The van der Waals surface area contributed by atoms with Gasteiger partial charge >= 0.3 is 0 Å². The van der Waals surface area contributed by atoms with Crippen molar-refractivity contribution in [3.8, 4) is 11.5 Å². The first kappa shape index (κ1) is 37.0. The Kier molecular flexibility index (Phi) is 16.4. The van der Waals surface area contributed by atoms with Crippen molar-refractivity contribution in [3.05, 3.63) is 56.5 Å². The summed E-state index contributed by atoms with van der Waals surface area (Å²) in [5.74, 6) is 1.54. The fourth-order valence-corrected chi connectivity index (χ4v) is 5.22. The molecule has 0 saturated heterocycles. The van der Waals surface area contributed by atoms with Crippen LogP contribution < -0.4 is 9.47 Å². The zero-order valence-electron chi connectivity index (χ0n) is 26.9. The molecule has 2 aromatic rings. The van der Waals surface area contributed by atoms with Gasteiger partial charge in [0.05, 0.1) is 21.2 Å². The third-order valence-corrected chi connectivity index (χ3v) is 7.95. The summed E-state index contributed by atoms with van der Waals surface area (Å²) in [5, 5.41) is 0. The first-order valence-corrected chi connectivity index (χ1v) is 16.6. The van der Waals surface area contributed by atoms with E-state index in [1.165, 1.54) is 0 Å². The van der Waals surface area contributed by atoms with Crippen LogP contribution in [0.5, 0.6) is 11.5 Å². The van der Waals surface area contributed by atoms with Crippen molar-refractivity contribution in [3.63, 3.8) is 0 Å². The Bertz CT molecular complexity index is 964. The van der Waals surface area contributed by atoms with Gasteiger partial charge in [0, 0.05) is 39.3 Å². The van der Waals surface area contributed by atoms with Crippen molar-refractivity contribution in [2.45, 2.75) is 93.3 Å². The standard InChI is InChI=1S/C34H52Br2O6/c1-9-37-23-41-31-25(13-11-15-27(31)35)21-29(39-19-17-33(3,4)5)30(40-20-18-34(6,7)8)22-26-14-12-16-28(36)32(26)42-24-38-10-2/h11-16,29-30H,9-10,17-24H2,1-8H3/t29-,30-/m1/s1. The number of para-hydroxylation sites is 2. The lowest BCUT2D eigenvalue weighted by Gasteiger charge is -2.31. The van der Waals surface area contributed by atoms with Crippen LogP contribution in [-0.2, 0) is 31.8 Å². The van der Waals surface area contributed by atoms with Crippen LogP contribution in [0.25, 0.3) is 0 Å². The Hall–Kier alpha value is -1.16. The molecule has 0 aromatic heterocycles. The minimum Gasteiger partial charge on any atom is -0.466 e. The average molecular weight is 717 g/mol. The number of hydrogen-bond acceptors (Lipinski definition) is 6. The summed E-state index contributed by atoms with van der Waals surface area (Å²) in [7, 11) is 0. The molecule has 0 N–H and O–H groups in total. The van der Waals surface area contributed by atoms with Gasteiger partial charge < -0.3 is 28.4 Å². The third kappa shape index (κ3) is 14.1. The predicted octanol–water partition coefficient (Wildman–Crippen LogP) is 9.39. The molecule has 0 aliphatic heterocycles. The normalized spacial score (nSPS) is 13.7. The fraction of sp³-hybridized carbons (Fsp3) is 0.647. The van der Waals surface area contributed by atoms with Gasteiger partial charge in [0.2, 0.25) is 0 Å². The monoisotopic (exact) mass is 714 g/mol. The molecule has 0 spiro atoms. The average Bonchev–Trinajstić information content (AvgIpc) is 2.89. The number of halogens is 2. The zero-order valence-corrected chi connectivity index (χ0v) is 30.1. The number of rotatable bonds is 19. The zero-order chi connectivity index (χ0) is 31.2. The quantitative estimate of drug-likeness (QED) is 0.107. The van der Waals surface area contributed by atoms with Crippen molar-refractivity contribution < 1.29 is 28.4 Å². The summed E-state index contributed by atoms with van der Waals surface area (Å²) in [6.45, 7) is 20.1. The van der Waals surface area contributed by atoms with Crippen molar-refractivity contribution in [2.24, 2.45) is 10.8 Å². The maximum Gasteiger partial charge on any atom is 0.189 e. The molecular weight excluding hydrogens is 664 g/mol. The third-order valence-electron chi connectivity index (χ3n) is 6.70. The summed E-state index contributed by atoms with van der Waals surface area (Å²) in [5.41, 5.74) is 2.38. The van der Waals surface area contributed by atoms with Gasteiger partial charge in [-0.2, -0.15) is 0 Å². The summed E-state index contributed by atoms with van der Waals surface area (Å²) >= 11 is 7.37. The van der Waals surface area contributed by atoms with E-state index in [2.05, 4.69) is 85.5 Å². The van der Waals surface area contributed by atoms with E-state index in [4.69, 9.17) is 28.4 Å². The van der Waals surface area contributed by atoms with Gasteiger partial charge in [-0.25, -0.2) is 0 Å². The first-order chi connectivity index (χ1) is 19.8. The lowest BCUT2D eigenvalue weighted by molar-refractivity contribution is -0.0813. The second-order valence-corrected chi connectivity index (χ2v) is 14.5. The Labute approximate surface area is 271 Å². The van der Waals surface area contributed by atoms with E-state index in [0.29, 0.717) is 39.3 Å². The molecule has 0 amide bonds. The van der Waals surface area contributed by atoms with Crippen LogP contribution in [0.2, 0.25) is 0 Å². The van der Waals surface area contributed by atoms with Crippen LogP contribution in [0.3, 0.4) is 0 Å². The molecule has 0 aliphatic carbocycles. The van der Waals surface area contributed by atoms with Crippen LogP contribution in [0, 0.1) is 10.8 Å². The lowest BCUT2D eigenvalue weighted by atomic mass is 9.92. The van der Waals surface area contributed by atoms with Crippen molar-refractivity contribution >= 4 is 31.9 Å². The minimum absolute atomic E-state index is 0.152. The largest absolute Gasteiger partial charge is 0.466 e. The molecule has 0 heterocycles. The van der Waals surface area contributed by atoms with E-state index >= 15 is 0 Å². The van der Waals surface area contributed by atoms with E-state index in [0.717, 1.165) is 44.4 Å². The van der Waals surface area contributed by atoms with Gasteiger partial charge in [-0.15, -0.1) is 0 Å². The van der Waals surface area contributed by atoms with E-state index in [1.807, 2.05) is 38.1 Å². The second kappa shape index (κ2) is 18.6. The highest BCUT2D eigenvalue weighted by Crippen LogP contribution is 2.34. The topological polar surface area (TPSA) is 55.4 Å². The van der Waals surface area contributed by atoms with Gasteiger partial charge in [0.25, 0.3) is 0 Å². The van der Waals surface area contributed by atoms with E-state index in [-0.39, 0.29) is 36.6 Å². The van der Waals surface area contributed by atoms with Crippen molar-refractivity contribution in [1.29, 1.82) is 0 Å². The summed E-state index contributed by atoms with van der Waals surface area (Å²) in [6.07, 6.45) is 2.65. The van der Waals surface area contributed by atoms with Gasteiger partial charge in [0.1, 0.15) is 11.5 Å². The molecule has 6 nitrogen and oxygen atoms in total. The predicted molar refractivity (Wildman–Crippen MR) is 178 cm³/mol. The highest BCUT2D eigenvalue weighted by atomic mass is 79.9. The Morgan fingerprint density at radius 3 is 1.33 bits per heavy atom. The highest BCUT2D eigenvalue weighted by Gasteiger charge is 2.29. The Morgan fingerprint density at radius 1 is 0.619 bits per heavy atom. The molecule has 42 heavy (non-hydrogen) atoms. The summed E-state index contributed by atoms with van der Waals surface area (Å²) in [4.78, 5) is 0. The van der Waals surface area contributed by atoms with Gasteiger partial charge in [-0.05, 0) is 92.6 Å². The van der Waals surface area contributed by atoms with Crippen molar-refractivity contribution in [2.75, 3.05) is 40.0 Å². The minimum atomic E-state index is -0.227. The van der Waals surface area contributed by atoms with Crippen LogP contribution >= 0.6 is 31.9 Å².